The van der Waals surface area contributed by atoms with Crippen LogP contribution in [0.2, 0.25) is 0 Å². The van der Waals surface area contributed by atoms with Gasteiger partial charge in [-0.05, 0) is 19.8 Å². The number of carbonyl (C=O) groups is 1. The van der Waals surface area contributed by atoms with Gasteiger partial charge in [0.1, 0.15) is 0 Å². The summed E-state index contributed by atoms with van der Waals surface area (Å²) < 4.78 is 10.6. The molecule has 1 aromatic heterocycles. The van der Waals surface area contributed by atoms with Gasteiger partial charge in [0.05, 0.1) is 6.61 Å². The largest absolute Gasteiger partial charge is 0.380 e. The van der Waals surface area contributed by atoms with Crippen LogP contribution >= 0.6 is 11.8 Å². The summed E-state index contributed by atoms with van der Waals surface area (Å²) in [4.78, 5) is 18.7. The predicted octanol–water partition coefficient (Wildman–Crippen LogP) is 1.43. The number of amides is 1. The highest BCUT2D eigenvalue weighted by atomic mass is 32.2. The Labute approximate surface area is 128 Å². The van der Waals surface area contributed by atoms with E-state index in [-0.39, 0.29) is 5.91 Å². The summed E-state index contributed by atoms with van der Waals surface area (Å²) in [5, 5.41) is 4.21. The lowest BCUT2D eigenvalue weighted by Gasteiger charge is -2.43. The van der Waals surface area contributed by atoms with Gasteiger partial charge in [0, 0.05) is 43.0 Å². The fourth-order valence-corrected chi connectivity index (χ4v) is 4.27. The van der Waals surface area contributed by atoms with Gasteiger partial charge >= 0.3 is 0 Å². The number of fused-ring (bicyclic) bond motifs is 1. The molecule has 0 saturated carbocycles. The molecule has 1 aromatic rings. The maximum atomic E-state index is 12.5. The molecule has 2 fully saturated rings. The minimum Gasteiger partial charge on any atom is -0.380 e. The van der Waals surface area contributed by atoms with Crippen molar-refractivity contribution in [2.24, 2.45) is 0 Å². The molecule has 116 valence electrons. The van der Waals surface area contributed by atoms with E-state index in [0.29, 0.717) is 35.8 Å². The van der Waals surface area contributed by atoms with E-state index >= 15 is 0 Å². The fraction of sp³-hybridized carbons (Fsp3) is 0.786. The molecule has 0 unspecified atom stereocenters. The molecule has 2 aliphatic heterocycles. The van der Waals surface area contributed by atoms with Crippen LogP contribution in [-0.4, -0.2) is 57.8 Å². The molecule has 6 nitrogen and oxygen atoms in total. The standard InChI is InChI=1S/C14H21N3O3S/c1-10-15-13(20-16-10)3-2-4-14(18)17-6-8-21-12-9-19-7-5-11(12)17/h11-12H,2-9H2,1H3/t11-,12+/m0/s1. The van der Waals surface area contributed by atoms with Crippen molar-refractivity contribution in [2.45, 2.75) is 43.9 Å². The summed E-state index contributed by atoms with van der Waals surface area (Å²) in [5.41, 5.74) is 0. The molecule has 0 N–H and O–H groups in total. The monoisotopic (exact) mass is 311 g/mol. The summed E-state index contributed by atoms with van der Waals surface area (Å²) in [6.07, 6.45) is 2.95. The van der Waals surface area contributed by atoms with Crippen molar-refractivity contribution >= 4 is 17.7 Å². The molecule has 0 spiro atoms. The number of aryl methyl sites for hydroxylation is 2. The van der Waals surface area contributed by atoms with Crippen LogP contribution < -0.4 is 0 Å². The number of aromatic nitrogens is 2. The number of hydrogen-bond acceptors (Lipinski definition) is 6. The average Bonchev–Trinajstić information content (AvgIpc) is 2.92. The number of nitrogens with zero attached hydrogens (tertiary/aromatic N) is 3. The molecule has 0 aromatic carbocycles. The Kier molecular flexibility index (Phi) is 4.80. The van der Waals surface area contributed by atoms with E-state index in [1.54, 1.807) is 6.92 Å². The first-order valence-corrected chi connectivity index (χ1v) is 8.57. The Morgan fingerprint density at radius 1 is 1.52 bits per heavy atom. The summed E-state index contributed by atoms with van der Waals surface area (Å²) in [7, 11) is 0. The maximum Gasteiger partial charge on any atom is 0.226 e. The lowest BCUT2D eigenvalue weighted by atomic mass is 10.0. The molecular weight excluding hydrogens is 290 g/mol. The maximum absolute atomic E-state index is 12.5. The highest BCUT2D eigenvalue weighted by molar-refractivity contribution is 8.00. The van der Waals surface area contributed by atoms with Gasteiger partial charge in [-0.25, -0.2) is 0 Å². The van der Waals surface area contributed by atoms with E-state index in [0.717, 1.165) is 38.4 Å². The van der Waals surface area contributed by atoms with E-state index in [2.05, 4.69) is 15.0 Å². The van der Waals surface area contributed by atoms with Gasteiger partial charge in [-0.3, -0.25) is 4.79 Å². The highest BCUT2D eigenvalue weighted by Crippen LogP contribution is 2.30. The van der Waals surface area contributed by atoms with Crippen molar-refractivity contribution in [3.63, 3.8) is 0 Å². The van der Waals surface area contributed by atoms with E-state index in [1.165, 1.54) is 0 Å². The molecule has 2 saturated heterocycles. The third kappa shape index (κ3) is 3.58. The molecule has 3 heterocycles. The van der Waals surface area contributed by atoms with Crippen molar-refractivity contribution in [2.75, 3.05) is 25.5 Å². The van der Waals surface area contributed by atoms with Crippen LogP contribution in [0.15, 0.2) is 4.52 Å². The Hall–Kier alpha value is -1.08. The van der Waals surface area contributed by atoms with Gasteiger partial charge < -0.3 is 14.2 Å². The molecule has 0 radical (unpaired) electrons. The fourth-order valence-electron chi connectivity index (χ4n) is 2.97. The van der Waals surface area contributed by atoms with Crippen molar-refractivity contribution in [3.05, 3.63) is 11.7 Å². The van der Waals surface area contributed by atoms with Gasteiger partial charge in [0.2, 0.25) is 11.8 Å². The van der Waals surface area contributed by atoms with Crippen LogP contribution in [0.25, 0.3) is 0 Å². The van der Waals surface area contributed by atoms with Gasteiger partial charge in [-0.1, -0.05) is 5.16 Å². The number of ether oxygens (including phenoxy) is 1. The van der Waals surface area contributed by atoms with Crippen LogP contribution in [0.3, 0.4) is 0 Å². The molecule has 7 heteroatoms. The zero-order valence-electron chi connectivity index (χ0n) is 12.3. The van der Waals surface area contributed by atoms with E-state index in [4.69, 9.17) is 9.26 Å². The Morgan fingerprint density at radius 2 is 2.43 bits per heavy atom. The highest BCUT2D eigenvalue weighted by Gasteiger charge is 2.36. The smallest absolute Gasteiger partial charge is 0.226 e. The average molecular weight is 311 g/mol. The second-order valence-electron chi connectivity index (χ2n) is 5.52. The van der Waals surface area contributed by atoms with Crippen LogP contribution in [0.1, 0.15) is 31.0 Å². The van der Waals surface area contributed by atoms with Gasteiger partial charge in [0.15, 0.2) is 5.82 Å². The molecule has 2 atom stereocenters. The lowest BCUT2D eigenvalue weighted by molar-refractivity contribution is -0.135. The molecule has 0 aliphatic carbocycles. The van der Waals surface area contributed by atoms with E-state index in [9.17, 15) is 4.79 Å². The summed E-state index contributed by atoms with van der Waals surface area (Å²) in [5.74, 6) is 2.54. The van der Waals surface area contributed by atoms with Crippen molar-refractivity contribution in [1.82, 2.24) is 15.0 Å². The molecule has 0 bridgehead atoms. The summed E-state index contributed by atoms with van der Waals surface area (Å²) in [6.45, 7) is 4.21. The van der Waals surface area contributed by atoms with Gasteiger partial charge in [-0.15, -0.1) is 0 Å². The third-order valence-corrected chi connectivity index (χ3v) is 5.30. The van der Waals surface area contributed by atoms with Crippen LogP contribution in [0.5, 0.6) is 0 Å². The first-order chi connectivity index (χ1) is 10.2. The predicted molar refractivity (Wildman–Crippen MR) is 79.2 cm³/mol. The molecule has 3 rings (SSSR count). The quantitative estimate of drug-likeness (QED) is 0.838. The first-order valence-electron chi connectivity index (χ1n) is 7.52. The SMILES string of the molecule is Cc1noc(CCCC(=O)N2CCS[C@@H]3COCC[C@@H]32)n1. The molecule has 2 aliphatic rings. The van der Waals surface area contributed by atoms with Crippen molar-refractivity contribution in [1.29, 1.82) is 0 Å². The van der Waals surface area contributed by atoms with Gasteiger partial charge in [0.25, 0.3) is 0 Å². The minimum absolute atomic E-state index is 0.253. The van der Waals surface area contributed by atoms with Crippen LogP contribution in [0.4, 0.5) is 0 Å². The van der Waals surface area contributed by atoms with Crippen LogP contribution in [0, 0.1) is 6.92 Å². The van der Waals surface area contributed by atoms with Crippen molar-refractivity contribution in [3.8, 4) is 0 Å². The lowest BCUT2D eigenvalue weighted by Crippen LogP contribution is -2.54. The zero-order chi connectivity index (χ0) is 14.7. The normalized spacial score (nSPS) is 25.7. The second-order valence-corrected chi connectivity index (χ2v) is 6.86. The molecular formula is C14H21N3O3S. The van der Waals surface area contributed by atoms with Gasteiger partial charge in [-0.2, -0.15) is 16.7 Å². The molecule has 21 heavy (non-hydrogen) atoms. The number of rotatable bonds is 4. The number of hydrogen-bond donors (Lipinski definition) is 0. The Balaban J connectivity index is 1.49. The minimum atomic E-state index is 0.253. The summed E-state index contributed by atoms with van der Waals surface area (Å²) >= 11 is 1.94. The number of carbonyl (C=O) groups excluding carboxylic acids is 1. The third-order valence-electron chi connectivity index (χ3n) is 4.00. The summed E-state index contributed by atoms with van der Waals surface area (Å²) in [6, 6.07) is 0.357. The topological polar surface area (TPSA) is 68.5 Å². The Bertz CT molecular complexity index is 492. The van der Waals surface area contributed by atoms with E-state index in [1.807, 2.05) is 11.8 Å². The Morgan fingerprint density at radius 3 is 3.24 bits per heavy atom. The number of thioether (sulfide) groups is 1. The molecule has 1 amide bonds. The first kappa shape index (κ1) is 14.8. The van der Waals surface area contributed by atoms with Crippen molar-refractivity contribution < 1.29 is 14.1 Å². The zero-order valence-corrected chi connectivity index (χ0v) is 13.1. The second kappa shape index (κ2) is 6.79. The van der Waals surface area contributed by atoms with E-state index < -0.39 is 0 Å². The van der Waals surface area contributed by atoms with Crippen LogP contribution in [-0.2, 0) is 16.0 Å².